The molecule has 3 aromatic rings. The third kappa shape index (κ3) is 1.46. The molecule has 0 atom stereocenters. The minimum Gasteiger partial charge on any atom is -0.476 e. The van der Waals surface area contributed by atoms with Crippen molar-refractivity contribution in [3.63, 3.8) is 0 Å². The topological polar surface area (TPSA) is 81.2 Å². The molecule has 0 aliphatic heterocycles. The molecule has 6 heteroatoms. The Kier molecular flexibility index (Phi) is 2.16. The first-order valence-electron chi connectivity index (χ1n) is 5.27. The molecule has 1 aromatic carbocycles. The first kappa shape index (κ1) is 10.5. The molecule has 0 amide bonds. The summed E-state index contributed by atoms with van der Waals surface area (Å²) < 4.78 is 6.93. The average Bonchev–Trinajstić information content (AvgIpc) is 2.96. The van der Waals surface area contributed by atoms with Crippen LogP contribution in [0.15, 0.2) is 35.1 Å². The molecule has 0 aliphatic carbocycles. The highest BCUT2D eigenvalue weighted by molar-refractivity contribution is 5.92. The van der Waals surface area contributed by atoms with Crippen molar-refractivity contribution >= 4 is 17.0 Å². The van der Waals surface area contributed by atoms with Gasteiger partial charge in [-0.15, -0.1) is 0 Å². The van der Waals surface area contributed by atoms with Gasteiger partial charge in [0.2, 0.25) is 0 Å². The SMILES string of the molecule is Cn1cnc2cccc(-c3cc(C(=O)O)no3)c21. The number of carboxylic acid groups (broad SMARTS) is 1. The lowest BCUT2D eigenvalue weighted by molar-refractivity contribution is 0.0686. The minimum absolute atomic E-state index is 0.107. The zero-order valence-corrected chi connectivity index (χ0v) is 9.49. The number of aromatic nitrogens is 3. The lowest BCUT2D eigenvalue weighted by atomic mass is 10.1. The fourth-order valence-corrected chi connectivity index (χ4v) is 1.91. The molecule has 3 rings (SSSR count). The molecule has 0 fully saturated rings. The van der Waals surface area contributed by atoms with Crippen LogP contribution in [0.3, 0.4) is 0 Å². The number of benzene rings is 1. The van der Waals surface area contributed by atoms with Gasteiger partial charge in [0.15, 0.2) is 11.5 Å². The second-order valence-corrected chi connectivity index (χ2v) is 3.91. The van der Waals surface area contributed by atoms with Crippen LogP contribution in [0.1, 0.15) is 10.5 Å². The third-order valence-electron chi connectivity index (χ3n) is 2.73. The van der Waals surface area contributed by atoms with Crippen LogP contribution in [-0.2, 0) is 7.05 Å². The Hall–Kier alpha value is -2.63. The number of rotatable bonds is 2. The fraction of sp³-hybridized carbons (Fsp3) is 0.0833. The van der Waals surface area contributed by atoms with Crippen molar-refractivity contribution in [3.8, 4) is 11.3 Å². The summed E-state index contributed by atoms with van der Waals surface area (Å²) in [4.78, 5) is 15.0. The van der Waals surface area contributed by atoms with Crippen LogP contribution in [0.5, 0.6) is 0 Å². The Labute approximate surface area is 101 Å². The number of imidazole rings is 1. The highest BCUT2D eigenvalue weighted by atomic mass is 16.5. The highest BCUT2D eigenvalue weighted by Crippen LogP contribution is 2.28. The van der Waals surface area contributed by atoms with Gasteiger partial charge in [-0.2, -0.15) is 0 Å². The highest BCUT2D eigenvalue weighted by Gasteiger charge is 2.15. The van der Waals surface area contributed by atoms with Gasteiger partial charge in [0.05, 0.1) is 17.4 Å². The molecular formula is C12H9N3O3. The summed E-state index contributed by atoms with van der Waals surface area (Å²) in [5, 5.41) is 12.3. The summed E-state index contributed by atoms with van der Waals surface area (Å²) in [7, 11) is 1.87. The second-order valence-electron chi connectivity index (χ2n) is 3.91. The van der Waals surface area contributed by atoms with Crippen LogP contribution < -0.4 is 0 Å². The van der Waals surface area contributed by atoms with Gasteiger partial charge in [-0.1, -0.05) is 11.2 Å². The largest absolute Gasteiger partial charge is 0.476 e. The standard InChI is InChI=1S/C12H9N3O3/c1-15-6-13-8-4-2-3-7(11(8)15)10-5-9(12(16)17)14-18-10/h2-6H,1H3,(H,16,17). The number of nitrogens with zero attached hydrogens (tertiary/aromatic N) is 3. The summed E-state index contributed by atoms with van der Waals surface area (Å²) in [5.74, 6) is -0.691. The van der Waals surface area contributed by atoms with Gasteiger partial charge in [0.25, 0.3) is 0 Å². The van der Waals surface area contributed by atoms with Gasteiger partial charge in [0, 0.05) is 18.7 Å². The maximum Gasteiger partial charge on any atom is 0.358 e. The maximum atomic E-state index is 10.8. The van der Waals surface area contributed by atoms with Crippen LogP contribution in [0.4, 0.5) is 0 Å². The number of hydrogen-bond acceptors (Lipinski definition) is 4. The molecule has 0 spiro atoms. The number of aryl methyl sites for hydroxylation is 1. The Morgan fingerprint density at radius 3 is 3.00 bits per heavy atom. The number of para-hydroxylation sites is 1. The average molecular weight is 243 g/mol. The first-order valence-corrected chi connectivity index (χ1v) is 5.27. The van der Waals surface area contributed by atoms with Crippen molar-refractivity contribution in [2.45, 2.75) is 0 Å². The number of carboxylic acids is 1. The van der Waals surface area contributed by atoms with Crippen molar-refractivity contribution in [1.82, 2.24) is 14.7 Å². The van der Waals surface area contributed by atoms with Crippen molar-refractivity contribution in [1.29, 1.82) is 0 Å². The van der Waals surface area contributed by atoms with E-state index in [4.69, 9.17) is 9.63 Å². The van der Waals surface area contributed by atoms with E-state index in [0.29, 0.717) is 5.76 Å². The molecule has 0 saturated heterocycles. The van der Waals surface area contributed by atoms with E-state index < -0.39 is 5.97 Å². The molecule has 2 heterocycles. The van der Waals surface area contributed by atoms with Crippen molar-refractivity contribution in [2.24, 2.45) is 7.05 Å². The molecule has 0 saturated carbocycles. The van der Waals surface area contributed by atoms with E-state index in [1.165, 1.54) is 6.07 Å². The minimum atomic E-state index is -1.11. The molecular weight excluding hydrogens is 234 g/mol. The van der Waals surface area contributed by atoms with Gasteiger partial charge in [-0.25, -0.2) is 9.78 Å². The third-order valence-corrected chi connectivity index (χ3v) is 2.73. The van der Waals surface area contributed by atoms with Crippen molar-refractivity contribution < 1.29 is 14.4 Å². The zero-order chi connectivity index (χ0) is 12.7. The van der Waals surface area contributed by atoms with Gasteiger partial charge in [0.1, 0.15) is 0 Å². The molecule has 6 nitrogen and oxygen atoms in total. The van der Waals surface area contributed by atoms with Gasteiger partial charge in [-0.05, 0) is 12.1 Å². The number of fused-ring (bicyclic) bond motifs is 1. The molecule has 0 unspecified atom stereocenters. The number of carbonyl (C=O) groups is 1. The Bertz CT molecular complexity index is 742. The van der Waals surface area contributed by atoms with E-state index in [2.05, 4.69) is 10.1 Å². The van der Waals surface area contributed by atoms with E-state index in [1.807, 2.05) is 29.8 Å². The van der Waals surface area contributed by atoms with Crippen LogP contribution in [-0.4, -0.2) is 25.8 Å². The van der Waals surface area contributed by atoms with E-state index in [-0.39, 0.29) is 5.69 Å². The summed E-state index contributed by atoms with van der Waals surface area (Å²) in [5.41, 5.74) is 2.37. The molecule has 1 N–H and O–H groups in total. The molecule has 0 bridgehead atoms. The lowest BCUT2D eigenvalue weighted by Crippen LogP contribution is -1.94. The normalized spacial score (nSPS) is 10.9. The summed E-state index contributed by atoms with van der Waals surface area (Å²) in [6.45, 7) is 0. The van der Waals surface area contributed by atoms with Crippen molar-refractivity contribution in [2.75, 3.05) is 0 Å². The molecule has 18 heavy (non-hydrogen) atoms. The molecule has 0 radical (unpaired) electrons. The maximum absolute atomic E-state index is 10.8. The molecule has 0 aliphatic rings. The molecule has 2 aromatic heterocycles. The number of hydrogen-bond donors (Lipinski definition) is 1. The Balaban J connectivity index is 2.24. The first-order chi connectivity index (χ1) is 8.66. The summed E-state index contributed by atoms with van der Waals surface area (Å²) in [6, 6.07) is 6.97. The predicted molar refractivity (Wildman–Crippen MR) is 63.2 cm³/mol. The van der Waals surface area contributed by atoms with Crippen LogP contribution in [0.2, 0.25) is 0 Å². The zero-order valence-electron chi connectivity index (χ0n) is 9.49. The van der Waals surface area contributed by atoms with Crippen LogP contribution in [0, 0.1) is 0 Å². The van der Waals surface area contributed by atoms with E-state index in [9.17, 15) is 4.79 Å². The van der Waals surface area contributed by atoms with E-state index in [1.54, 1.807) is 6.33 Å². The Morgan fingerprint density at radius 2 is 2.28 bits per heavy atom. The van der Waals surface area contributed by atoms with Crippen molar-refractivity contribution in [3.05, 3.63) is 36.3 Å². The Morgan fingerprint density at radius 1 is 1.44 bits per heavy atom. The van der Waals surface area contributed by atoms with Crippen LogP contribution in [0.25, 0.3) is 22.4 Å². The lowest BCUT2D eigenvalue weighted by Gasteiger charge is -2.00. The smallest absolute Gasteiger partial charge is 0.358 e. The van der Waals surface area contributed by atoms with E-state index >= 15 is 0 Å². The van der Waals surface area contributed by atoms with Gasteiger partial charge in [-0.3, -0.25) is 0 Å². The fourth-order valence-electron chi connectivity index (χ4n) is 1.91. The summed E-state index contributed by atoms with van der Waals surface area (Å²) in [6.07, 6.45) is 1.70. The second kappa shape index (κ2) is 3.69. The quantitative estimate of drug-likeness (QED) is 0.743. The monoisotopic (exact) mass is 243 g/mol. The van der Waals surface area contributed by atoms with Gasteiger partial charge >= 0.3 is 5.97 Å². The summed E-state index contributed by atoms with van der Waals surface area (Å²) >= 11 is 0. The molecule has 90 valence electrons. The van der Waals surface area contributed by atoms with E-state index in [0.717, 1.165) is 16.6 Å². The number of aromatic carboxylic acids is 1. The van der Waals surface area contributed by atoms with Crippen LogP contribution >= 0.6 is 0 Å². The predicted octanol–water partition coefficient (Wildman–Crippen LogP) is 1.93. The van der Waals surface area contributed by atoms with Gasteiger partial charge < -0.3 is 14.2 Å².